The first kappa shape index (κ1) is 21.6. The molecule has 2 N–H and O–H groups in total. The Kier molecular flexibility index (Phi) is 7.55. The highest BCUT2D eigenvalue weighted by atomic mass is 32.2. The predicted octanol–water partition coefficient (Wildman–Crippen LogP) is 4.55. The summed E-state index contributed by atoms with van der Waals surface area (Å²) in [5.41, 5.74) is 2.51. The SMILES string of the molecule is CCC(C)c1ccc(NC[C@H]2CCC(=O)N2CCSc2nc(C(=O)O)cs2)cc1. The highest BCUT2D eigenvalue weighted by Crippen LogP contribution is 2.26. The van der Waals surface area contributed by atoms with Crippen LogP contribution < -0.4 is 5.32 Å². The van der Waals surface area contributed by atoms with Gasteiger partial charge in [-0.1, -0.05) is 37.7 Å². The van der Waals surface area contributed by atoms with Crippen LogP contribution in [0, 0.1) is 0 Å². The molecule has 1 amide bonds. The van der Waals surface area contributed by atoms with Crippen LogP contribution in [-0.4, -0.2) is 51.8 Å². The molecule has 156 valence electrons. The second-order valence-corrected chi connectivity index (χ2v) is 9.44. The summed E-state index contributed by atoms with van der Waals surface area (Å²) in [6.45, 7) is 5.81. The third-order valence-electron chi connectivity index (χ3n) is 5.35. The van der Waals surface area contributed by atoms with Gasteiger partial charge in [0.05, 0.1) is 0 Å². The van der Waals surface area contributed by atoms with Crippen LogP contribution in [0.25, 0.3) is 0 Å². The summed E-state index contributed by atoms with van der Waals surface area (Å²) in [5, 5.41) is 14.0. The normalized spacial score (nSPS) is 17.5. The number of aromatic nitrogens is 1. The van der Waals surface area contributed by atoms with Crippen LogP contribution in [0.3, 0.4) is 0 Å². The molecular formula is C21H27N3O3S2. The number of carboxylic acids is 1. The lowest BCUT2D eigenvalue weighted by atomic mass is 9.98. The number of thiazole rings is 1. The van der Waals surface area contributed by atoms with Crippen LogP contribution in [0.5, 0.6) is 0 Å². The number of rotatable bonds is 10. The molecule has 29 heavy (non-hydrogen) atoms. The first-order valence-corrected chi connectivity index (χ1v) is 11.8. The van der Waals surface area contributed by atoms with Crippen LogP contribution in [0.2, 0.25) is 0 Å². The summed E-state index contributed by atoms with van der Waals surface area (Å²) < 4.78 is 0.727. The van der Waals surface area contributed by atoms with E-state index in [4.69, 9.17) is 5.11 Å². The number of carboxylic acid groups (broad SMARTS) is 1. The Hall–Kier alpha value is -2.06. The number of hydrogen-bond donors (Lipinski definition) is 2. The topological polar surface area (TPSA) is 82.5 Å². The number of anilines is 1. The summed E-state index contributed by atoms with van der Waals surface area (Å²) in [5.74, 6) is 0.452. The van der Waals surface area contributed by atoms with E-state index in [2.05, 4.69) is 48.4 Å². The highest BCUT2D eigenvalue weighted by Gasteiger charge is 2.30. The van der Waals surface area contributed by atoms with E-state index in [0.717, 1.165) is 29.4 Å². The van der Waals surface area contributed by atoms with Gasteiger partial charge in [0.1, 0.15) is 0 Å². The molecule has 1 unspecified atom stereocenters. The zero-order valence-corrected chi connectivity index (χ0v) is 18.4. The third kappa shape index (κ3) is 5.73. The van der Waals surface area contributed by atoms with Crippen molar-refractivity contribution in [2.45, 2.75) is 49.4 Å². The van der Waals surface area contributed by atoms with Crippen molar-refractivity contribution in [2.75, 3.05) is 24.2 Å². The van der Waals surface area contributed by atoms with Gasteiger partial charge in [0.2, 0.25) is 5.91 Å². The number of likely N-dealkylation sites (tertiary alicyclic amines) is 1. The van der Waals surface area contributed by atoms with E-state index in [1.54, 1.807) is 5.38 Å². The van der Waals surface area contributed by atoms with Crippen molar-refractivity contribution in [3.63, 3.8) is 0 Å². The zero-order chi connectivity index (χ0) is 20.8. The van der Waals surface area contributed by atoms with Gasteiger partial charge in [-0.3, -0.25) is 4.79 Å². The molecule has 2 heterocycles. The van der Waals surface area contributed by atoms with Crippen molar-refractivity contribution in [1.82, 2.24) is 9.88 Å². The average Bonchev–Trinajstić information content (AvgIpc) is 3.34. The molecule has 0 aliphatic carbocycles. The fraction of sp³-hybridized carbons (Fsp3) is 0.476. The van der Waals surface area contributed by atoms with Gasteiger partial charge in [0.15, 0.2) is 10.0 Å². The zero-order valence-electron chi connectivity index (χ0n) is 16.8. The molecule has 1 aliphatic rings. The fourth-order valence-electron chi connectivity index (χ4n) is 3.37. The van der Waals surface area contributed by atoms with Crippen LogP contribution in [0.15, 0.2) is 34.0 Å². The molecule has 0 spiro atoms. The second kappa shape index (κ2) is 10.1. The molecule has 1 aromatic carbocycles. The van der Waals surface area contributed by atoms with Crippen molar-refractivity contribution < 1.29 is 14.7 Å². The quantitative estimate of drug-likeness (QED) is 0.535. The fourth-order valence-corrected chi connectivity index (χ4v) is 5.18. The van der Waals surface area contributed by atoms with E-state index in [1.165, 1.54) is 28.7 Å². The summed E-state index contributed by atoms with van der Waals surface area (Å²) in [7, 11) is 0. The number of nitrogens with one attached hydrogen (secondary N) is 1. The van der Waals surface area contributed by atoms with Gasteiger partial charge >= 0.3 is 5.97 Å². The number of carbonyl (C=O) groups is 2. The van der Waals surface area contributed by atoms with E-state index >= 15 is 0 Å². The molecule has 3 rings (SSSR count). The van der Waals surface area contributed by atoms with Gasteiger partial charge in [-0.25, -0.2) is 9.78 Å². The minimum absolute atomic E-state index is 0.0798. The van der Waals surface area contributed by atoms with Gasteiger partial charge in [0, 0.05) is 42.4 Å². The van der Waals surface area contributed by atoms with Gasteiger partial charge < -0.3 is 15.3 Å². The maximum absolute atomic E-state index is 12.3. The largest absolute Gasteiger partial charge is 0.476 e. The molecule has 6 nitrogen and oxygen atoms in total. The number of amides is 1. The average molecular weight is 434 g/mol. The standard InChI is InChI=1S/C21H27N3O3S2/c1-3-14(2)15-4-6-16(7-5-15)22-12-17-8-9-19(25)24(17)10-11-28-21-23-18(13-29-21)20(26)27/h4-7,13-14,17,22H,3,8-12H2,1-2H3,(H,26,27)/t14?,17-/m1/s1. The Morgan fingerprint density at radius 2 is 2.17 bits per heavy atom. The Bertz CT molecular complexity index is 838. The molecule has 8 heteroatoms. The molecule has 0 bridgehead atoms. The maximum Gasteiger partial charge on any atom is 0.355 e. The van der Waals surface area contributed by atoms with Gasteiger partial charge in [-0.05, 0) is 36.5 Å². The Morgan fingerprint density at radius 3 is 2.83 bits per heavy atom. The summed E-state index contributed by atoms with van der Waals surface area (Å²) >= 11 is 2.83. The van der Waals surface area contributed by atoms with Crippen molar-refractivity contribution in [2.24, 2.45) is 0 Å². The Labute approximate surface area is 179 Å². The number of nitrogens with zero attached hydrogens (tertiary/aromatic N) is 2. The number of carbonyl (C=O) groups excluding carboxylic acids is 1. The van der Waals surface area contributed by atoms with Crippen LogP contribution in [0.1, 0.15) is 55.1 Å². The molecule has 1 aliphatic heterocycles. The monoisotopic (exact) mass is 433 g/mol. The molecule has 2 aromatic rings. The minimum atomic E-state index is -1.01. The second-order valence-electron chi connectivity index (χ2n) is 7.24. The van der Waals surface area contributed by atoms with E-state index in [-0.39, 0.29) is 17.6 Å². The van der Waals surface area contributed by atoms with E-state index < -0.39 is 5.97 Å². The lowest BCUT2D eigenvalue weighted by molar-refractivity contribution is -0.128. The molecule has 0 radical (unpaired) electrons. The smallest absolute Gasteiger partial charge is 0.355 e. The Balaban J connectivity index is 1.48. The van der Waals surface area contributed by atoms with Gasteiger partial charge in [0.25, 0.3) is 0 Å². The summed E-state index contributed by atoms with van der Waals surface area (Å²) in [4.78, 5) is 29.2. The van der Waals surface area contributed by atoms with Crippen molar-refractivity contribution in [3.05, 3.63) is 40.9 Å². The lowest BCUT2D eigenvalue weighted by Gasteiger charge is -2.25. The maximum atomic E-state index is 12.3. The van der Waals surface area contributed by atoms with E-state index in [0.29, 0.717) is 24.6 Å². The highest BCUT2D eigenvalue weighted by molar-refractivity contribution is 8.01. The van der Waals surface area contributed by atoms with Crippen LogP contribution in [-0.2, 0) is 4.79 Å². The van der Waals surface area contributed by atoms with Crippen LogP contribution in [0.4, 0.5) is 5.69 Å². The van der Waals surface area contributed by atoms with E-state index in [9.17, 15) is 9.59 Å². The van der Waals surface area contributed by atoms with Crippen molar-refractivity contribution >= 4 is 40.7 Å². The number of benzene rings is 1. The first-order valence-electron chi connectivity index (χ1n) is 9.92. The van der Waals surface area contributed by atoms with Crippen molar-refractivity contribution in [3.8, 4) is 0 Å². The lowest BCUT2D eigenvalue weighted by Crippen LogP contribution is -2.39. The predicted molar refractivity (Wildman–Crippen MR) is 118 cm³/mol. The minimum Gasteiger partial charge on any atom is -0.476 e. The van der Waals surface area contributed by atoms with E-state index in [1.807, 2.05) is 4.90 Å². The third-order valence-corrected chi connectivity index (χ3v) is 7.35. The number of hydrogen-bond acceptors (Lipinski definition) is 6. The number of thioether (sulfide) groups is 1. The molecular weight excluding hydrogens is 406 g/mol. The summed E-state index contributed by atoms with van der Waals surface area (Å²) in [6, 6.07) is 8.75. The molecule has 1 aromatic heterocycles. The molecule has 0 saturated carbocycles. The van der Waals surface area contributed by atoms with Gasteiger partial charge in [-0.15, -0.1) is 11.3 Å². The van der Waals surface area contributed by atoms with Crippen LogP contribution >= 0.6 is 23.1 Å². The first-order chi connectivity index (χ1) is 14.0. The molecule has 1 fully saturated rings. The summed E-state index contributed by atoms with van der Waals surface area (Å²) in [6.07, 6.45) is 2.58. The van der Waals surface area contributed by atoms with Crippen molar-refractivity contribution in [1.29, 1.82) is 0 Å². The number of aromatic carboxylic acids is 1. The molecule has 2 atom stereocenters. The Morgan fingerprint density at radius 1 is 1.41 bits per heavy atom. The van der Waals surface area contributed by atoms with Gasteiger partial charge in [-0.2, -0.15) is 0 Å². The molecule has 1 saturated heterocycles.